The van der Waals surface area contributed by atoms with Crippen molar-refractivity contribution in [1.82, 2.24) is 25.4 Å². The van der Waals surface area contributed by atoms with E-state index in [4.69, 9.17) is 4.52 Å². The van der Waals surface area contributed by atoms with E-state index in [1.807, 2.05) is 24.3 Å². The standard InChI is InChI=1S/C25H27N5O2S/c1-17(2)18-5-7-20(8-6-18)25-29-23(32-30-25)10-9-22(31)27-13-3-4-24-28-21(16-33-24)19-11-14-26-15-12-19/h5-8,11-12,14-17H,3-4,9-10,13H2,1-2H3,(H,27,31). The second-order valence-electron chi connectivity index (χ2n) is 8.10. The number of hydrogen-bond acceptors (Lipinski definition) is 7. The van der Waals surface area contributed by atoms with Gasteiger partial charge >= 0.3 is 0 Å². The molecular weight excluding hydrogens is 434 g/mol. The van der Waals surface area contributed by atoms with Gasteiger partial charge < -0.3 is 9.84 Å². The van der Waals surface area contributed by atoms with Crippen LogP contribution >= 0.6 is 11.3 Å². The van der Waals surface area contributed by atoms with Gasteiger partial charge in [0.15, 0.2) is 0 Å². The largest absolute Gasteiger partial charge is 0.356 e. The van der Waals surface area contributed by atoms with Crippen molar-refractivity contribution in [3.8, 4) is 22.6 Å². The molecule has 4 rings (SSSR count). The summed E-state index contributed by atoms with van der Waals surface area (Å²) >= 11 is 1.64. The first-order valence-corrected chi connectivity index (χ1v) is 12.0. The molecule has 0 atom stereocenters. The van der Waals surface area contributed by atoms with Crippen LogP contribution < -0.4 is 5.32 Å². The van der Waals surface area contributed by atoms with E-state index in [0.717, 1.165) is 34.7 Å². The summed E-state index contributed by atoms with van der Waals surface area (Å²) in [7, 11) is 0. The van der Waals surface area contributed by atoms with Crippen LogP contribution in [-0.2, 0) is 17.6 Å². The molecule has 170 valence electrons. The van der Waals surface area contributed by atoms with Crippen LogP contribution in [0.25, 0.3) is 22.6 Å². The fraction of sp³-hybridized carbons (Fsp3) is 0.320. The number of carbonyl (C=O) groups is 1. The molecule has 0 aliphatic carbocycles. The molecule has 1 N–H and O–H groups in total. The van der Waals surface area contributed by atoms with Crippen LogP contribution in [0.3, 0.4) is 0 Å². The maximum atomic E-state index is 12.2. The number of carbonyl (C=O) groups excluding carboxylic acids is 1. The molecule has 0 unspecified atom stereocenters. The van der Waals surface area contributed by atoms with E-state index in [-0.39, 0.29) is 5.91 Å². The molecule has 7 nitrogen and oxygen atoms in total. The molecule has 0 saturated carbocycles. The van der Waals surface area contributed by atoms with Crippen molar-refractivity contribution in [3.63, 3.8) is 0 Å². The van der Waals surface area contributed by atoms with Crippen LogP contribution in [0.5, 0.6) is 0 Å². The minimum absolute atomic E-state index is 0.0207. The second-order valence-corrected chi connectivity index (χ2v) is 9.05. The lowest BCUT2D eigenvalue weighted by Gasteiger charge is -2.04. The minimum atomic E-state index is -0.0207. The first kappa shape index (κ1) is 22.8. The molecular formula is C25H27N5O2S. The molecule has 3 aromatic heterocycles. The van der Waals surface area contributed by atoms with Crippen molar-refractivity contribution in [2.75, 3.05) is 6.54 Å². The highest BCUT2D eigenvalue weighted by atomic mass is 32.1. The summed E-state index contributed by atoms with van der Waals surface area (Å²) in [6.07, 6.45) is 5.94. The monoisotopic (exact) mass is 461 g/mol. The molecule has 8 heteroatoms. The summed E-state index contributed by atoms with van der Waals surface area (Å²) < 4.78 is 5.32. The third-order valence-corrected chi connectivity index (χ3v) is 6.20. The average molecular weight is 462 g/mol. The van der Waals surface area contributed by atoms with Crippen LogP contribution in [-0.4, -0.2) is 32.6 Å². The lowest BCUT2D eigenvalue weighted by molar-refractivity contribution is -0.121. The summed E-state index contributed by atoms with van der Waals surface area (Å²) in [5.74, 6) is 1.48. The van der Waals surface area contributed by atoms with Gasteiger partial charge in [-0.3, -0.25) is 9.78 Å². The number of nitrogens with one attached hydrogen (secondary N) is 1. The molecule has 0 fully saturated rings. The van der Waals surface area contributed by atoms with Gasteiger partial charge in [0.1, 0.15) is 0 Å². The molecule has 0 radical (unpaired) electrons. The Hall–Kier alpha value is -3.39. The first-order chi connectivity index (χ1) is 16.1. The molecule has 33 heavy (non-hydrogen) atoms. The van der Waals surface area contributed by atoms with Gasteiger partial charge in [0.05, 0.1) is 10.7 Å². The summed E-state index contributed by atoms with van der Waals surface area (Å²) in [5, 5.41) is 10.1. The summed E-state index contributed by atoms with van der Waals surface area (Å²) in [6.45, 7) is 4.93. The van der Waals surface area contributed by atoms with E-state index in [1.165, 1.54) is 5.56 Å². The molecule has 1 amide bonds. The van der Waals surface area contributed by atoms with Crippen molar-refractivity contribution in [3.05, 3.63) is 70.6 Å². The van der Waals surface area contributed by atoms with Crippen LogP contribution in [0.4, 0.5) is 0 Å². The van der Waals surface area contributed by atoms with E-state index >= 15 is 0 Å². The van der Waals surface area contributed by atoms with E-state index in [1.54, 1.807) is 23.7 Å². The highest BCUT2D eigenvalue weighted by molar-refractivity contribution is 7.09. The maximum absolute atomic E-state index is 12.2. The average Bonchev–Trinajstić information content (AvgIpc) is 3.51. The summed E-state index contributed by atoms with van der Waals surface area (Å²) in [5.41, 5.74) is 4.21. The summed E-state index contributed by atoms with van der Waals surface area (Å²) in [4.78, 5) is 25.3. The molecule has 0 aliphatic rings. The van der Waals surface area contributed by atoms with Gasteiger partial charge in [-0.15, -0.1) is 11.3 Å². The lowest BCUT2D eigenvalue weighted by Crippen LogP contribution is -2.25. The zero-order chi connectivity index (χ0) is 23.0. The van der Waals surface area contributed by atoms with Crippen LogP contribution in [0, 0.1) is 0 Å². The topological polar surface area (TPSA) is 93.8 Å². The Morgan fingerprint density at radius 3 is 2.58 bits per heavy atom. The van der Waals surface area contributed by atoms with E-state index in [2.05, 4.69) is 56.8 Å². The SMILES string of the molecule is CC(C)c1ccc(-c2noc(CCC(=O)NCCCc3nc(-c4ccncc4)cs3)n2)cc1. The van der Waals surface area contributed by atoms with E-state index in [9.17, 15) is 4.79 Å². The van der Waals surface area contributed by atoms with Gasteiger partial charge in [-0.25, -0.2) is 4.98 Å². The molecule has 0 bridgehead atoms. The molecule has 0 saturated heterocycles. The van der Waals surface area contributed by atoms with Gasteiger partial charge in [0.2, 0.25) is 17.6 Å². The molecule has 0 aliphatic heterocycles. The number of nitrogens with zero attached hydrogens (tertiary/aromatic N) is 4. The number of benzene rings is 1. The highest BCUT2D eigenvalue weighted by Gasteiger charge is 2.11. The number of thiazole rings is 1. The Bertz CT molecular complexity index is 1170. The Morgan fingerprint density at radius 1 is 1.03 bits per heavy atom. The number of hydrogen-bond donors (Lipinski definition) is 1. The highest BCUT2D eigenvalue weighted by Crippen LogP contribution is 2.22. The number of amides is 1. The minimum Gasteiger partial charge on any atom is -0.356 e. The fourth-order valence-corrected chi connectivity index (χ4v) is 4.20. The van der Waals surface area contributed by atoms with Crippen molar-refractivity contribution in [2.45, 2.75) is 45.4 Å². The first-order valence-electron chi connectivity index (χ1n) is 11.1. The quantitative estimate of drug-likeness (QED) is 0.332. The number of aromatic nitrogens is 4. The summed E-state index contributed by atoms with van der Waals surface area (Å²) in [6, 6.07) is 12.1. The number of pyridine rings is 1. The zero-order valence-corrected chi connectivity index (χ0v) is 19.6. The van der Waals surface area contributed by atoms with Gasteiger partial charge in [0.25, 0.3) is 0 Å². The molecule has 0 spiro atoms. The van der Waals surface area contributed by atoms with Crippen LogP contribution in [0.2, 0.25) is 0 Å². The Balaban J connectivity index is 1.17. The predicted octanol–water partition coefficient (Wildman–Crippen LogP) is 5.06. The predicted molar refractivity (Wildman–Crippen MR) is 129 cm³/mol. The van der Waals surface area contributed by atoms with Crippen molar-refractivity contribution in [1.29, 1.82) is 0 Å². The van der Waals surface area contributed by atoms with Crippen molar-refractivity contribution in [2.24, 2.45) is 0 Å². The third kappa shape index (κ3) is 6.32. The molecule has 4 aromatic rings. The Labute approximate surface area is 197 Å². The maximum Gasteiger partial charge on any atom is 0.227 e. The van der Waals surface area contributed by atoms with Gasteiger partial charge in [-0.1, -0.05) is 43.3 Å². The van der Waals surface area contributed by atoms with Gasteiger partial charge in [-0.05, 0) is 30.0 Å². The van der Waals surface area contributed by atoms with Gasteiger partial charge in [0, 0.05) is 54.7 Å². The Kier molecular flexibility index (Phi) is 7.57. The molecule has 1 aromatic carbocycles. The van der Waals surface area contributed by atoms with E-state index < -0.39 is 0 Å². The lowest BCUT2D eigenvalue weighted by atomic mass is 10.0. The molecule has 3 heterocycles. The smallest absolute Gasteiger partial charge is 0.227 e. The number of aryl methyl sites for hydroxylation is 2. The van der Waals surface area contributed by atoms with E-state index in [0.29, 0.717) is 37.0 Å². The van der Waals surface area contributed by atoms with Gasteiger partial charge in [-0.2, -0.15) is 4.98 Å². The zero-order valence-electron chi connectivity index (χ0n) is 18.8. The van der Waals surface area contributed by atoms with Crippen LogP contribution in [0.1, 0.15) is 49.1 Å². The fourth-order valence-electron chi connectivity index (χ4n) is 3.35. The Morgan fingerprint density at radius 2 is 1.82 bits per heavy atom. The normalized spacial score (nSPS) is 11.1. The number of rotatable bonds is 10. The third-order valence-electron chi connectivity index (χ3n) is 5.29. The van der Waals surface area contributed by atoms with Crippen molar-refractivity contribution < 1.29 is 9.32 Å². The second kappa shape index (κ2) is 11.0. The van der Waals surface area contributed by atoms with Crippen molar-refractivity contribution >= 4 is 17.2 Å². The van der Waals surface area contributed by atoms with Crippen LogP contribution in [0.15, 0.2) is 58.7 Å².